The third-order valence-corrected chi connectivity index (χ3v) is 4.99. The van der Waals surface area contributed by atoms with E-state index in [1.54, 1.807) is 24.3 Å². The molecule has 1 fully saturated rings. The van der Waals surface area contributed by atoms with Gasteiger partial charge in [0.15, 0.2) is 5.11 Å². The summed E-state index contributed by atoms with van der Waals surface area (Å²) in [6, 6.07) is 15.4. The van der Waals surface area contributed by atoms with E-state index in [1.165, 1.54) is 16.8 Å². The normalized spacial score (nSPS) is 15.7. The molecule has 0 spiro atoms. The Morgan fingerprint density at radius 3 is 2.55 bits per heavy atom. The van der Waals surface area contributed by atoms with Crippen LogP contribution in [0.25, 0.3) is 0 Å². The van der Waals surface area contributed by atoms with Crippen LogP contribution in [-0.4, -0.2) is 45.4 Å². The zero-order valence-electron chi connectivity index (χ0n) is 17.3. The second-order valence-corrected chi connectivity index (χ2v) is 7.32. The van der Waals surface area contributed by atoms with Gasteiger partial charge < -0.3 is 10.1 Å². The fourth-order valence-corrected chi connectivity index (χ4v) is 3.58. The summed E-state index contributed by atoms with van der Waals surface area (Å²) in [4.78, 5) is 38.8. The highest BCUT2D eigenvalue weighted by atomic mass is 32.1. The molecule has 1 saturated heterocycles. The molecule has 31 heavy (non-hydrogen) atoms. The maximum Gasteiger partial charge on any atom is 0.254 e. The number of anilines is 1. The minimum atomic E-state index is -0.935. The quantitative estimate of drug-likeness (QED) is 0.613. The highest BCUT2D eigenvalue weighted by Gasteiger charge is 2.44. The number of thiocarbonyl (C=S) groups is 1. The molecular formula is C22H24N4O4S. The number of rotatable bonds is 8. The topological polar surface area (TPSA) is 91.0 Å². The average molecular weight is 441 g/mol. The molecule has 3 rings (SSSR count). The Morgan fingerprint density at radius 1 is 1.13 bits per heavy atom. The van der Waals surface area contributed by atoms with Crippen LogP contribution in [0.4, 0.5) is 5.69 Å². The molecule has 1 heterocycles. The summed E-state index contributed by atoms with van der Waals surface area (Å²) in [5.74, 6) is -0.480. The Hall–Kier alpha value is -3.46. The van der Waals surface area contributed by atoms with Crippen molar-refractivity contribution < 1.29 is 19.1 Å². The highest BCUT2D eigenvalue weighted by Crippen LogP contribution is 2.23. The summed E-state index contributed by atoms with van der Waals surface area (Å²) in [5.41, 5.74) is 4.01. The van der Waals surface area contributed by atoms with Crippen LogP contribution in [0.1, 0.15) is 25.8 Å². The fraction of sp³-hybridized carbons (Fsp3) is 0.273. The number of nitrogens with zero attached hydrogens (tertiary/aromatic N) is 2. The van der Waals surface area contributed by atoms with E-state index in [-0.39, 0.29) is 35.8 Å². The number of hydrazine groups is 1. The second-order valence-electron chi connectivity index (χ2n) is 6.96. The lowest BCUT2D eigenvalue weighted by atomic mass is 10.1. The first-order valence-electron chi connectivity index (χ1n) is 9.87. The first-order chi connectivity index (χ1) is 14.9. The average Bonchev–Trinajstić information content (AvgIpc) is 2.93. The van der Waals surface area contributed by atoms with E-state index in [9.17, 15) is 14.4 Å². The minimum absolute atomic E-state index is 0.153. The van der Waals surface area contributed by atoms with Crippen LogP contribution in [-0.2, 0) is 20.9 Å². The van der Waals surface area contributed by atoms with Gasteiger partial charge in [-0.3, -0.25) is 24.7 Å². The van der Waals surface area contributed by atoms with Crippen molar-refractivity contribution in [3.63, 3.8) is 0 Å². The first-order valence-corrected chi connectivity index (χ1v) is 10.3. The molecule has 1 aliphatic rings. The van der Waals surface area contributed by atoms with Crippen molar-refractivity contribution in [1.82, 2.24) is 15.3 Å². The molecule has 0 radical (unpaired) electrons. The first kappa shape index (κ1) is 22.2. The summed E-state index contributed by atoms with van der Waals surface area (Å²) >= 11 is 5.43. The molecule has 162 valence electrons. The van der Waals surface area contributed by atoms with Gasteiger partial charge in [0.05, 0.1) is 19.6 Å². The predicted molar refractivity (Wildman–Crippen MR) is 120 cm³/mol. The van der Waals surface area contributed by atoms with Crippen LogP contribution in [0.15, 0.2) is 54.6 Å². The number of benzene rings is 2. The summed E-state index contributed by atoms with van der Waals surface area (Å²) in [6.07, 6.45) is -0.177. The fourth-order valence-electron chi connectivity index (χ4n) is 3.25. The summed E-state index contributed by atoms with van der Waals surface area (Å²) in [6.45, 7) is 3.96. The molecule has 8 nitrogen and oxygen atoms in total. The second kappa shape index (κ2) is 10.0. The molecule has 3 amide bonds. The Bertz CT molecular complexity index is 982. The lowest BCUT2D eigenvalue weighted by molar-refractivity contribution is -0.132. The number of hydrogen-bond donors (Lipinski definition) is 2. The van der Waals surface area contributed by atoms with E-state index in [0.717, 1.165) is 5.56 Å². The molecule has 1 atom stereocenters. The van der Waals surface area contributed by atoms with Gasteiger partial charge in [0.2, 0.25) is 11.8 Å². The maximum atomic E-state index is 13.1. The lowest BCUT2D eigenvalue weighted by Gasteiger charge is -2.23. The molecule has 2 aromatic rings. The van der Waals surface area contributed by atoms with Crippen LogP contribution in [0.5, 0.6) is 5.75 Å². The van der Waals surface area contributed by atoms with Gasteiger partial charge in [0, 0.05) is 18.7 Å². The SMILES string of the molecule is CCOc1cccc(NC(=O)CC2C(=O)N(Cc3ccccc3)C(=S)N2NC(C)=O)c1. The van der Waals surface area contributed by atoms with Crippen molar-refractivity contribution in [2.45, 2.75) is 32.9 Å². The lowest BCUT2D eigenvalue weighted by Crippen LogP contribution is -2.49. The molecule has 0 saturated carbocycles. The minimum Gasteiger partial charge on any atom is -0.494 e. The zero-order chi connectivity index (χ0) is 22.4. The van der Waals surface area contributed by atoms with E-state index < -0.39 is 6.04 Å². The molecule has 0 aromatic heterocycles. The number of nitrogens with one attached hydrogen (secondary N) is 2. The van der Waals surface area contributed by atoms with Gasteiger partial charge in [-0.05, 0) is 36.8 Å². The van der Waals surface area contributed by atoms with Crippen LogP contribution in [0, 0.1) is 0 Å². The Kier molecular flexibility index (Phi) is 7.19. The molecule has 1 aliphatic heterocycles. The number of ether oxygens (including phenoxy) is 1. The number of carbonyl (C=O) groups is 3. The van der Waals surface area contributed by atoms with Crippen molar-refractivity contribution in [2.75, 3.05) is 11.9 Å². The molecule has 2 aromatic carbocycles. The summed E-state index contributed by atoms with van der Waals surface area (Å²) in [7, 11) is 0. The zero-order valence-corrected chi connectivity index (χ0v) is 18.1. The van der Waals surface area contributed by atoms with Crippen molar-refractivity contribution in [2.24, 2.45) is 0 Å². The van der Waals surface area contributed by atoms with Crippen LogP contribution < -0.4 is 15.5 Å². The molecule has 1 unspecified atom stereocenters. The van der Waals surface area contributed by atoms with E-state index in [0.29, 0.717) is 18.0 Å². The van der Waals surface area contributed by atoms with Crippen LogP contribution in [0.3, 0.4) is 0 Å². The van der Waals surface area contributed by atoms with Gasteiger partial charge in [-0.15, -0.1) is 0 Å². The van der Waals surface area contributed by atoms with E-state index in [2.05, 4.69) is 10.7 Å². The van der Waals surface area contributed by atoms with E-state index in [4.69, 9.17) is 17.0 Å². The van der Waals surface area contributed by atoms with Gasteiger partial charge in [-0.2, -0.15) is 0 Å². The molecule has 9 heteroatoms. The Morgan fingerprint density at radius 2 is 1.87 bits per heavy atom. The molecule has 0 aliphatic carbocycles. The number of amides is 3. The van der Waals surface area contributed by atoms with Gasteiger partial charge in [0.1, 0.15) is 11.8 Å². The van der Waals surface area contributed by atoms with Crippen LogP contribution >= 0.6 is 12.2 Å². The van der Waals surface area contributed by atoms with Crippen molar-refractivity contribution in [3.05, 3.63) is 60.2 Å². The standard InChI is InChI=1S/C22H24N4O4S/c1-3-30-18-11-7-10-17(12-18)23-20(28)13-19-21(29)25(14-16-8-5-4-6-9-16)22(31)26(19)24-15(2)27/h4-12,19H,3,13-14H2,1-2H3,(H,23,28)(H,24,27). The van der Waals surface area contributed by atoms with Crippen molar-refractivity contribution in [1.29, 1.82) is 0 Å². The number of hydrogen-bond acceptors (Lipinski definition) is 5. The van der Waals surface area contributed by atoms with Gasteiger partial charge >= 0.3 is 0 Å². The Labute approximate surface area is 186 Å². The maximum absolute atomic E-state index is 13.1. The monoisotopic (exact) mass is 440 g/mol. The van der Waals surface area contributed by atoms with E-state index in [1.807, 2.05) is 37.3 Å². The number of carbonyl (C=O) groups excluding carboxylic acids is 3. The van der Waals surface area contributed by atoms with Gasteiger partial charge in [0.25, 0.3) is 5.91 Å². The van der Waals surface area contributed by atoms with E-state index >= 15 is 0 Å². The molecule has 2 N–H and O–H groups in total. The third-order valence-electron chi connectivity index (χ3n) is 4.57. The van der Waals surface area contributed by atoms with Gasteiger partial charge in [-0.1, -0.05) is 36.4 Å². The summed E-state index contributed by atoms with van der Waals surface area (Å²) < 4.78 is 5.44. The van der Waals surface area contributed by atoms with Crippen molar-refractivity contribution in [3.8, 4) is 5.75 Å². The van der Waals surface area contributed by atoms with Gasteiger partial charge in [-0.25, -0.2) is 5.01 Å². The third kappa shape index (κ3) is 5.58. The smallest absolute Gasteiger partial charge is 0.254 e. The summed E-state index contributed by atoms with van der Waals surface area (Å²) in [5, 5.41) is 4.21. The largest absolute Gasteiger partial charge is 0.494 e. The highest BCUT2D eigenvalue weighted by molar-refractivity contribution is 7.80. The van der Waals surface area contributed by atoms with Crippen LogP contribution in [0.2, 0.25) is 0 Å². The Balaban J connectivity index is 1.74. The predicted octanol–water partition coefficient (Wildman–Crippen LogP) is 2.46. The molecule has 0 bridgehead atoms. The molecular weight excluding hydrogens is 416 g/mol. The van der Waals surface area contributed by atoms with Crippen molar-refractivity contribution >= 4 is 40.7 Å².